The Bertz CT molecular complexity index is 441. The van der Waals surface area contributed by atoms with E-state index in [4.69, 9.17) is 21.1 Å². The Morgan fingerprint density at radius 3 is 2.45 bits per heavy atom. The Morgan fingerprint density at radius 1 is 1.25 bits per heavy atom. The summed E-state index contributed by atoms with van der Waals surface area (Å²) in [6.45, 7) is 9.88. The number of benzene rings is 1. The summed E-state index contributed by atoms with van der Waals surface area (Å²) in [6, 6.07) is 4.29. The van der Waals surface area contributed by atoms with Crippen LogP contribution in [0, 0.1) is 13.8 Å². The average Bonchev–Trinajstić information content (AvgIpc) is 2.37. The van der Waals surface area contributed by atoms with Crippen molar-refractivity contribution in [2.24, 2.45) is 0 Å². The molecule has 20 heavy (non-hydrogen) atoms. The first-order valence-corrected chi connectivity index (χ1v) is 7.73. The fourth-order valence-corrected chi connectivity index (χ4v) is 3.14. The number of halogens is 1. The number of hydrogen-bond acceptors (Lipinski definition) is 3. The number of rotatable bonds is 6. The maximum atomic E-state index is 6.18. The van der Waals surface area contributed by atoms with Crippen molar-refractivity contribution < 1.29 is 9.47 Å². The lowest BCUT2D eigenvalue weighted by Gasteiger charge is -2.44. The van der Waals surface area contributed by atoms with Gasteiger partial charge < -0.3 is 14.8 Å². The third kappa shape index (κ3) is 3.27. The second-order valence-corrected chi connectivity index (χ2v) is 5.78. The molecular weight excluding hydrogens is 274 g/mol. The van der Waals surface area contributed by atoms with Gasteiger partial charge >= 0.3 is 0 Å². The van der Waals surface area contributed by atoms with Crippen molar-refractivity contribution in [2.75, 3.05) is 13.2 Å². The molecule has 3 nitrogen and oxygen atoms in total. The van der Waals surface area contributed by atoms with Crippen LogP contribution in [0.25, 0.3) is 0 Å². The largest absolute Gasteiger partial charge is 0.487 e. The van der Waals surface area contributed by atoms with E-state index < -0.39 is 0 Å². The van der Waals surface area contributed by atoms with E-state index in [-0.39, 0.29) is 12.2 Å². The Kier molecular flexibility index (Phi) is 5.30. The van der Waals surface area contributed by atoms with Crippen molar-refractivity contribution in [3.8, 4) is 5.75 Å². The minimum Gasteiger partial charge on any atom is -0.487 e. The average molecular weight is 298 g/mol. The smallest absolute Gasteiger partial charge is 0.128 e. The maximum absolute atomic E-state index is 6.18. The zero-order chi connectivity index (χ0) is 14.7. The molecule has 3 atom stereocenters. The summed E-state index contributed by atoms with van der Waals surface area (Å²) in [6.07, 6.45) is 1.24. The first kappa shape index (κ1) is 15.6. The van der Waals surface area contributed by atoms with Crippen LogP contribution in [0.1, 0.15) is 31.4 Å². The minimum atomic E-state index is 0.123. The van der Waals surface area contributed by atoms with Crippen molar-refractivity contribution in [1.82, 2.24) is 5.32 Å². The van der Waals surface area contributed by atoms with Crippen LogP contribution in [0.2, 0.25) is 5.02 Å². The fourth-order valence-electron chi connectivity index (χ4n) is 2.81. The van der Waals surface area contributed by atoms with E-state index in [0.717, 1.165) is 34.9 Å². The molecule has 0 aliphatic heterocycles. The summed E-state index contributed by atoms with van der Waals surface area (Å²) in [5.74, 6) is 0.944. The summed E-state index contributed by atoms with van der Waals surface area (Å²) in [5, 5.41) is 4.20. The third-order valence-corrected chi connectivity index (χ3v) is 3.99. The Balaban J connectivity index is 2.07. The molecule has 112 valence electrons. The molecule has 1 saturated carbocycles. The molecular formula is C16H24ClNO2. The molecule has 2 rings (SSSR count). The minimum absolute atomic E-state index is 0.123. The summed E-state index contributed by atoms with van der Waals surface area (Å²) >= 11 is 6.06. The van der Waals surface area contributed by atoms with Gasteiger partial charge in [-0.1, -0.05) is 18.5 Å². The van der Waals surface area contributed by atoms with Crippen LogP contribution in [-0.4, -0.2) is 31.4 Å². The van der Waals surface area contributed by atoms with Gasteiger partial charge in [-0.25, -0.2) is 0 Å². The molecule has 0 bridgehead atoms. The molecule has 1 aliphatic carbocycles. The van der Waals surface area contributed by atoms with E-state index in [9.17, 15) is 0 Å². The number of likely N-dealkylation sites (N-methyl/N-ethyl adjacent to an activating group) is 1. The van der Waals surface area contributed by atoms with E-state index in [1.54, 1.807) is 0 Å². The highest BCUT2D eigenvalue weighted by molar-refractivity contribution is 6.30. The molecule has 3 unspecified atom stereocenters. The Labute approximate surface area is 126 Å². The molecule has 4 heteroatoms. The van der Waals surface area contributed by atoms with Crippen LogP contribution in [0.5, 0.6) is 5.75 Å². The molecule has 1 N–H and O–H groups in total. The topological polar surface area (TPSA) is 30.5 Å². The fraction of sp³-hybridized carbons (Fsp3) is 0.625. The Hall–Kier alpha value is -0.770. The number of hydrogen-bond donors (Lipinski definition) is 1. The van der Waals surface area contributed by atoms with E-state index >= 15 is 0 Å². The number of ether oxygens (including phenoxy) is 2. The van der Waals surface area contributed by atoms with Crippen LogP contribution in [0.15, 0.2) is 12.1 Å². The van der Waals surface area contributed by atoms with Crippen molar-refractivity contribution in [1.29, 1.82) is 0 Å². The zero-order valence-corrected chi connectivity index (χ0v) is 13.5. The second-order valence-electron chi connectivity index (χ2n) is 5.34. The van der Waals surface area contributed by atoms with Crippen molar-refractivity contribution in [3.05, 3.63) is 28.3 Å². The molecule has 0 saturated heterocycles. The predicted octanol–water partition coefficient (Wildman–Crippen LogP) is 3.49. The molecule has 1 aromatic carbocycles. The van der Waals surface area contributed by atoms with Gasteiger partial charge in [-0.3, -0.25) is 0 Å². The van der Waals surface area contributed by atoms with E-state index in [0.29, 0.717) is 12.6 Å². The van der Waals surface area contributed by atoms with Gasteiger partial charge in [0.25, 0.3) is 0 Å². The number of nitrogens with one attached hydrogen (secondary N) is 1. The molecule has 0 heterocycles. The van der Waals surface area contributed by atoms with Gasteiger partial charge in [0.1, 0.15) is 18.0 Å². The first-order valence-electron chi connectivity index (χ1n) is 7.35. The van der Waals surface area contributed by atoms with Gasteiger partial charge in [0.2, 0.25) is 0 Å². The van der Waals surface area contributed by atoms with Gasteiger partial charge in [0.15, 0.2) is 0 Å². The van der Waals surface area contributed by atoms with E-state index in [1.807, 2.05) is 32.9 Å². The van der Waals surface area contributed by atoms with Crippen LogP contribution >= 0.6 is 11.6 Å². The maximum Gasteiger partial charge on any atom is 0.128 e. The summed E-state index contributed by atoms with van der Waals surface area (Å²) in [7, 11) is 0. The van der Waals surface area contributed by atoms with Crippen LogP contribution in [0.4, 0.5) is 0 Å². The van der Waals surface area contributed by atoms with Gasteiger partial charge in [-0.2, -0.15) is 0 Å². The molecule has 0 aromatic heterocycles. The highest BCUT2D eigenvalue weighted by Crippen LogP contribution is 2.33. The standard InChI is InChI=1S/C16H24ClNO2/c1-5-18-13-9-14(16(13)19-6-2)20-15-10(3)7-12(17)8-11(15)4/h7-8,13-14,16,18H,5-6,9H2,1-4H3. The van der Waals surface area contributed by atoms with E-state index in [1.165, 1.54) is 0 Å². The molecule has 0 amide bonds. The highest BCUT2D eigenvalue weighted by Gasteiger charge is 2.43. The van der Waals surface area contributed by atoms with Crippen LogP contribution in [0.3, 0.4) is 0 Å². The lowest BCUT2D eigenvalue weighted by atomic mass is 9.85. The SMILES string of the molecule is CCNC1CC(Oc2c(C)cc(Cl)cc2C)C1OCC. The van der Waals surface area contributed by atoms with Crippen LogP contribution in [-0.2, 0) is 4.74 Å². The zero-order valence-electron chi connectivity index (χ0n) is 12.7. The van der Waals surface area contributed by atoms with Crippen molar-refractivity contribution in [2.45, 2.75) is 52.4 Å². The normalized spacial score (nSPS) is 25.4. The molecule has 1 aromatic rings. The van der Waals surface area contributed by atoms with Gasteiger partial charge in [-0.15, -0.1) is 0 Å². The summed E-state index contributed by atoms with van der Waals surface area (Å²) < 4.78 is 12.0. The third-order valence-electron chi connectivity index (χ3n) is 3.77. The molecule has 0 radical (unpaired) electrons. The quantitative estimate of drug-likeness (QED) is 0.872. The highest BCUT2D eigenvalue weighted by atomic mass is 35.5. The summed E-state index contributed by atoms with van der Waals surface area (Å²) in [5.41, 5.74) is 2.16. The van der Waals surface area contributed by atoms with Crippen molar-refractivity contribution >= 4 is 11.6 Å². The number of aryl methyl sites for hydroxylation is 2. The predicted molar refractivity (Wildman–Crippen MR) is 82.8 cm³/mol. The monoisotopic (exact) mass is 297 g/mol. The Morgan fingerprint density at radius 2 is 1.90 bits per heavy atom. The summed E-state index contributed by atoms with van der Waals surface area (Å²) in [4.78, 5) is 0. The van der Waals surface area contributed by atoms with Gasteiger partial charge in [0, 0.05) is 24.1 Å². The lowest BCUT2D eigenvalue weighted by Crippen LogP contribution is -2.61. The molecule has 1 aliphatic rings. The second kappa shape index (κ2) is 6.79. The van der Waals surface area contributed by atoms with Crippen molar-refractivity contribution in [3.63, 3.8) is 0 Å². The first-order chi connectivity index (χ1) is 9.56. The van der Waals surface area contributed by atoms with Gasteiger partial charge in [-0.05, 0) is 50.6 Å². The lowest BCUT2D eigenvalue weighted by molar-refractivity contribution is -0.104. The molecule has 1 fully saturated rings. The van der Waals surface area contributed by atoms with Crippen LogP contribution < -0.4 is 10.1 Å². The van der Waals surface area contributed by atoms with Gasteiger partial charge in [0.05, 0.1) is 0 Å². The molecule has 0 spiro atoms. The van der Waals surface area contributed by atoms with E-state index in [2.05, 4.69) is 12.2 Å².